The van der Waals surface area contributed by atoms with Gasteiger partial charge in [0.05, 0.1) is 14.2 Å². The van der Waals surface area contributed by atoms with Crippen LogP contribution in [0.25, 0.3) is 0 Å². The maximum absolute atomic E-state index is 10.9. The lowest BCUT2D eigenvalue weighted by Crippen LogP contribution is -2.22. The van der Waals surface area contributed by atoms with E-state index >= 15 is 0 Å². The van der Waals surface area contributed by atoms with Gasteiger partial charge in [-0.3, -0.25) is 9.59 Å². The number of halogens is 3. The molecule has 2 aromatic rings. The number of phenolic OH excluding ortho intramolecular Hbond substituents is 1. The number of phenols is 1. The van der Waals surface area contributed by atoms with Gasteiger partial charge in [0.1, 0.15) is 6.07 Å². The number of ether oxygens (including phenoxy) is 5. The smallest absolute Gasteiger partial charge is 0.189 e. The number of benzene rings is 2. The molecule has 8 nitrogen and oxygen atoms in total. The van der Waals surface area contributed by atoms with Crippen LogP contribution < -0.4 is 14.2 Å². The van der Waals surface area contributed by atoms with Crippen molar-refractivity contribution in [2.24, 2.45) is 0 Å². The third-order valence-electron chi connectivity index (χ3n) is 5.20. The predicted octanol–water partition coefficient (Wildman–Crippen LogP) is 8.47. The minimum absolute atomic E-state index is 0.0391. The van der Waals surface area contributed by atoms with Crippen molar-refractivity contribution >= 4 is 72.2 Å². The van der Waals surface area contributed by atoms with Crippen LogP contribution in [-0.4, -0.2) is 74.1 Å². The topological polar surface area (TPSA) is 101 Å². The van der Waals surface area contributed by atoms with Crippen LogP contribution in [-0.2, 0) is 9.47 Å². The number of rotatable bonds is 14. The second-order valence-corrected chi connectivity index (χ2v) is 24.3. The number of carbonyl (C=O) groups excluding carboxylic acids is 2. The van der Waals surface area contributed by atoms with Crippen molar-refractivity contribution in [3.05, 3.63) is 44.3 Å². The van der Waals surface area contributed by atoms with Gasteiger partial charge in [-0.05, 0) is 68.2 Å². The zero-order chi connectivity index (χ0) is 31.6. The van der Waals surface area contributed by atoms with Crippen LogP contribution in [0, 0.1) is 0 Å². The van der Waals surface area contributed by atoms with Gasteiger partial charge in [-0.15, -0.1) is 0 Å². The molecule has 0 saturated heterocycles. The Hall–Kier alpha value is -1.42. The van der Waals surface area contributed by atoms with Crippen molar-refractivity contribution in [2.75, 3.05) is 40.3 Å². The lowest BCUT2D eigenvalue weighted by molar-refractivity contribution is 0.0205. The Morgan fingerprint density at radius 1 is 0.756 bits per heavy atom. The fourth-order valence-corrected chi connectivity index (χ4v) is 5.16. The van der Waals surface area contributed by atoms with Crippen LogP contribution in [0.4, 0.5) is 0 Å². The summed E-state index contributed by atoms with van der Waals surface area (Å²) in [5, 5.41) is 9.24. The molecule has 0 aliphatic rings. The first kappa shape index (κ1) is 39.6. The molecule has 0 aliphatic carbocycles. The molecule has 41 heavy (non-hydrogen) atoms. The van der Waals surface area contributed by atoms with Crippen LogP contribution in [0.2, 0.25) is 51.4 Å². The molecule has 0 aromatic heterocycles. The number of hydrogen-bond donors (Lipinski definition) is 1. The minimum Gasteiger partial charge on any atom is -0.504 e. The molecular formula is C28H43Br2ClO8Si2. The largest absolute Gasteiger partial charge is 0.504 e. The SMILES string of the molecule is COc1cc(Br)c(C=O)cc1O.COc1cc(Br)c(C=O)cc1OCOCC[Si](C)(C)C.C[Si](C)(C)CCOCCl. The first-order valence-electron chi connectivity index (χ1n) is 12.8. The van der Waals surface area contributed by atoms with E-state index < -0.39 is 16.1 Å². The van der Waals surface area contributed by atoms with Gasteiger partial charge < -0.3 is 28.8 Å². The zero-order valence-corrected chi connectivity index (χ0v) is 31.1. The van der Waals surface area contributed by atoms with Crippen LogP contribution in [0.3, 0.4) is 0 Å². The molecule has 2 aromatic carbocycles. The van der Waals surface area contributed by atoms with E-state index in [0.717, 1.165) is 18.9 Å². The summed E-state index contributed by atoms with van der Waals surface area (Å²) in [5.41, 5.74) is 0.913. The maximum atomic E-state index is 10.9. The van der Waals surface area contributed by atoms with E-state index in [-0.39, 0.29) is 12.5 Å². The van der Waals surface area contributed by atoms with Gasteiger partial charge in [-0.1, -0.05) is 50.9 Å². The molecule has 0 heterocycles. The third-order valence-corrected chi connectivity index (χ3v) is 10.1. The number of aldehydes is 2. The van der Waals surface area contributed by atoms with Gasteiger partial charge in [-0.25, -0.2) is 0 Å². The average Bonchev–Trinajstić information content (AvgIpc) is 2.89. The van der Waals surface area contributed by atoms with Crippen molar-refractivity contribution < 1.29 is 38.4 Å². The molecule has 0 bridgehead atoms. The summed E-state index contributed by atoms with van der Waals surface area (Å²) in [4.78, 5) is 21.3. The first-order valence-corrected chi connectivity index (χ1v) is 22.3. The monoisotopic (exact) mass is 756 g/mol. The van der Waals surface area contributed by atoms with Gasteiger partial charge in [-0.2, -0.15) is 0 Å². The Balaban J connectivity index is 0.000000646. The third kappa shape index (κ3) is 18.0. The number of alkyl halides is 1. The van der Waals surface area contributed by atoms with Crippen LogP contribution >= 0.6 is 43.5 Å². The molecule has 0 unspecified atom stereocenters. The Morgan fingerprint density at radius 3 is 1.66 bits per heavy atom. The Bertz CT molecular complexity index is 1080. The highest BCUT2D eigenvalue weighted by Crippen LogP contribution is 2.33. The standard InChI is InChI=1S/C14H21BrO4Si.C8H7BrO3.C6H15ClOSi/c1-17-13-8-12(15)11(9-16)7-14(13)19-10-18-5-6-20(2,3)4;1-12-8-3-6(9)5(4-10)2-7(8)11;1-9(2,3)5-4-8-6-7/h7-9H,5-6,10H2,1-4H3;2-4,11H,1H3;4-6H2,1-3H3. The van der Waals surface area contributed by atoms with Gasteiger partial charge in [0.15, 0.2) is 42.4 Å². The van der Waals surface area contributed by atoms with Gasteiger partial charge in [0, 0.05) is 49.4 Å². The highest BCUT2D eigenvalue weighted by molar-refractivity contribution is 9.10. The molecule has 0 saturated carbocycles. The van der Waals surface area contributed by atoms with Crippen LogP contribution in [0.15, 0.2) is 33.2 Å². The van der Waals surface area contributed by atoms with E-state index in [0.29, 0.717) is 56.3 Å². The number of aromatic hydroxyl groups is 1. The quantitative estimate of drug-likeness (QED) is 0.0674. The summed E-state index contributed by atoms with van der Waals surface area (Å²) < 4.78 is 27.3. The second-order valence-electron chi connectivity index (χ2n) is 11.1. The molecule has 232 valence electrons. The van der Waals surface area contributed by atoms with Crippen molar-refractivity contribution in [3.63, 3.8) is 0 Å². The predicted molar refractivity (Wildman–Crippen MR) is 178 cm³/mol. The Morgan fingerprint density at radius 2 is 1.22 bits per heavy atom. The van der Waals surface area contributed by atoms with Gasteiger partial charge in [0.2, 0.25) is 0 Å². The van der Waals surface area contributed by atoms with E-state index in [9.17, 15) is 14.7 Å². The van der Waals surface area contributed by atoms with E-state index in [1.165, 1.54) is 19.2 Å². The minimum atomic E-state index is -1.08. The Labute approximate surface area is 268 Å². The van der Waals surface area contributed by atoms with E-state index in [1.807, 2.05) is 0 Å². The van der Waals surface area contributed by atoms with Crippen molar-refractivity contribution in [1.82, 2.24) is 0 Å². The molecular weight excluding hydrogens is 716 g/mol. The zero-order valence-electron chi connectivity index (χ0n) is 25.1. The molecule has 0 spiro atoms. The fourth-order valence-electron chi connectivity index (χ4n) is 2.70. The summed E-state index contributed by atoms with van der Waals surface area (Å²) in [5.74, 6) is 1.37. The Kier molecular flexibility index (Phi) is 19.8. The molecule has 0 amide bonds. The van der Waals surface area contributed by atoms with Crippen LogP contribution in [0.5, 0.6) is 23.0 Å². The highest BCUT2D eigenvalue weighted by Gasteiger charge is 2.13. The molecule has 0 radical (unpaired) electrons. The van der Waals surface area contributed by atoms with E-state index in [1.54, 1.807) is 25.3 Å². The van der Waals surface area contributed by atoms with Crippen molar-refractivity contribution in [1.29, 1.82) is 0 Å². The van der Waals surface area contributed by atoms with Crippen molar-refractivity contribution in [3.8, 4) is 23.0 Å². The molecule has 13 heteroatoms. The van der Waals surface area contributed by atoms with E-state index in [2.05, 4.69) is 71.1 Å². The van der Waals surface area contributed by atoms with Gasteiger partial charge >= 0.3 is 0 Å². The lowest BCUT2D eigenvalue weighted by atomic mass is 10.2. The highest BCUT2D eigenvalue weighted by atomic mass is 79.9. The van der Waals surface area contributed by atoms with Crippen molar-refractivity contribution in [2.45, 2.75) is 51.4 Å². The molecule has 1 N–H and O–H groups in total. The number of carbonyl (C=O) groups is 2. The molecule has 0 atom stereocenters. The average molecular weight is 759 g/mol. The number of hydrogen-bond acceptors (Lipinski definition) is 8. The summed E-state index contributed by atoms with van der Waals surface area (Å²) in [6.45, 7) is 15.5. The second kappa shape index (κ2) is 20.5. The summed E-state index contributed by atoms with van der Waals surface area (Å²) in [6, 6.07) is 8.87. The van der Waals surface area contributed by atoms with Crippen LogP contribution in [0.1, 0.15) is 20.7 Å². The summed E-state index contributed by atoms with van der Waals surface area (Å²) in [6.07, 6.45) is 1.42. The normalized spacial score (nSPS) is 10.9. The summed E-state index contributed by atoms with van der Waals surface area (Å²) >= 11 is 11.8. The summed E-state index contributed by atoms with van der Waals surface area (Å²) in [7, 11) is 1.04. The fraction of sp³-hybridized carbons (Fsp3) is 0.500. The molecule has 0 fully saturated rings. The van der Waals surface area contributed by atoms with E-state index in [4.69, 9.17) is 35.3 Å². The first-order chi connectivity index (χ1) is 19.1. The number of methoxy groups -OCH3 is 2. The lowest BCUT2D eigenvalue weighted by Gasteiger charge is -2.16. The van der Waals surface area contributed by atoms with Gasteiger partial charge in [0.25, 0.3) is 0 Å². The molecule has 0 aliphatic heterocycles. The maximum Gasteiger partial charge on any atom is 0.189 e. The molecule has 2 rings (SSSR count).